The Kier molecular flexibility index (Phi) is 3.41. The molecule has 0 saturated heterocycles. The van der Waals surface area contributed by atoms with Crippen LogP contribution in [0.3, 0.4) is 0 Å². The molecular weight excluding hydrogens is 335 g/mol. The predicted molar refractivity (Wildman–Crippen MR) is 94.6 cm³/mol. The van der Waals surface area contributed by atoms with Crippen molar-refractivity contribution in [2.45, 2.75) is 31.5 Å². The van der Waals surface area contributed by atoms with Crippen LogP contribution in [0, 0.1) is 5.92 Å². The molecule has 0 bridgehead atoms. The van der Waals surface area contributed by atoms with Crippen molar-refractivity contribution < 1.29 is 13.9 Å². The van der Waals surface area contributed by atoms with Crippen molar-refractivity contribution in [1.82, 2.24) is 15.2 Å². The maximum absolute atomic E-state index is 13.0. The van der Waals surface area contributed by atoms with E-state index in [1.54, 1.807) is 6.07 Å². The highest BCUT2D eigenvalue weighted by Crippen LogP contribution is 2.37. The van der Waals surface area contributed by atoms with E-state index >= 15 is 0 Å². The van der Waals surface area contributed by atoms with E-state index in [1.165, 1.54) is 0 Å². The van der Waals surface area contributed by atoms with Crippen molar-refractivity contribution in [3.8, 4) is 17.0 Å². The van der Waals surface area contributed by atoms with E-state index in [2.05, 4.69) is 20.5 Å². The molecule has 0 aliphatic heterocycles. The number of ether oxygens (including phenoxy) is 1. The van der Waals surface area contributed by atoms with Gasteiger partial charge in [0, 0.05) is 10.9 Å². The molecule has 2 N–H and O–H groups in total. The van der Waals surface area contributed by atoms with Gasteiger partial charge in [0.25, 0.3) is 0 Å². The van der Waals surface area contributed by atoms with Gasteiger partial charge in [-0.2, -0.15) is 5.10 Å². The van der Waals surface area contributed by atoms with Crippen molar-refractivity contribution in [2.24, 2.45) is 5.92 Å². The number of halogens is 1. The molecule has 2 saturated carbocycles. The van der Waals surface area contributed by atoms with Crippen LogP contribution in [-0.2, 0) is 4.79 Å². The molecule has 2 aliphatic carbocycles. The number of nitrogens with zero attached hydrogens (tertiary/aromatic N) is 2. The molecule has 26 heavy (non-hydrogen) atoms. The van der Waals surface area contributed by atoms with Crippen LogP contribution in [0.25, 0.3) is 22.3 Å². The molecule has 5 rings (SSSR count). The molecule has 0 spiro atoms. The smallest absolute Gasteiger partial charge is 0.231 e. The molecule has 132 valence electrons. The number of aromatic amines is 1. The Balaban J connectivity index is 1.45. The van der Waals surface area contributed by atoms with Crippen molar-refractivity contribution in [3.63, 3.8) is 0 Å². The van der Waals surface area contributed by atoms with E-state index in [4.69, 9.17) is 4.74 Å². The Morgan fingerprint density at radius 2 is 2.04 bits per heavy atom. The lowest BCUT2D eigenvalue weighted by Crippen LogP contribution is -2.15. The summed E-state index contributed by atoms with van der Waals surface area (Å²) in [6.07, 6.45) is 1.73. The number of hydrogen-bond acceptors (Lipinski definition) is 4. The fourth-order valence-corrected chi connectivity index (χ4v) is 2.97. The van der Waals surface area contributed by atoms with Gasteiger partial charge in [0.2, 0.25) is 5.91 Å². The standard InChI is InChI=1S/C19H17FN4O2/c20-14-9-13(14)19(25)22-16-8-7-12-17(23-24-18(12)21-16)11-3-1-2-4-15(11)26-10-5-6-10/h1-4,7-8,10,13-14H,5-6,9H2,(H2,21,22,23,24,25)/t13-,14+/m1/s1. The summed E-state index contributed by atoms with van der Waals surface area (Å²) >= 11 is 0. The van der Waals surface area contributed by atoms with Crippen molar-refractivity contribution in [1.29, 1.82) is 0 Å². The monoisotopic (exact) mass is 352 g/mol. The van der Waals surface area contributed by atoms with Crippen molar-refractivity contribution in [2.75, 3.05) is 5.32 Å². The Morgan fingerprint density at radius 3 is 2.81 bits per heavy atom. The minimum atomic E-state index is -1.03. The Morgan fingerprint density at radius 1 is 1.23 bits per heavy atom. The third-order valence-electron chi connectivity index (χ3n) is 4.69. The van der Waals surface area contributed by atoms with E-state index < -0.39 is 12.1 Å². The molecule has 0 unspecified atom stereocenters. The molecule has 3 aromatic rings. The van der Waals surface area contributed by atoms with E-state index in [9.17, 15) is 9.18 Å². The number of rotatable bonds is 5. The summed E-state index contributed by atoms with van der Waals surface area (Å²) in [4.78, 5) is 16.2. The molecule has 1 amide bonds. The number of pyridine rings is 1. The van der Waals surface area contributed by atoms with Gasteiger partial charge in [0.05, 0.1) is 17.7 Å². The van der Waals surface area contributed by atoms with Gasteiger partial charge in [-0.3, -0.25) is 9.89 Å². The van der Waals surface area contributed by atoms with Crippen molar-refractivity contribution >= 4 is 22.8 Å². The van der Waals surface area contributed by atoms with E-state index in [1.807, 2.05) is 30.3 Å². The van der Waals surface area contributed by atoms with Gasteiger partial charge in [-0.05, 0) is 43.5 Å². The number of amides is 1. The van der Waals surface area contributed by atoms with Crippen LogP contribution >= 0.6 is 0 Å². The third kappa shape index (κ3) is 2.79. The molecule has 2 aliphatic rings. The lowest BCUT2D eigenvalue weighted by atomic mass is 10.1. The van der Waals surface area contributed by atoms with E-state index in [-0.39, 0.29) is 5.91 Å². The topological polar surface area (TPSA) is 79.9 Å². The highest BCUT2D eigenvalue weighted by atomic mass is 19.1. The highest BCUT2D eigenvalue weighted by Gasteiger charge is 2.43. The van der Waals surface area contributed by atoms with Crippen LogP contribution in [0.1, 0.15) is 19.3 Å². The van der Waals surface area contributed by atoms with Crippen LogP contribution in [0.4, 0.5) is 10.2 Å². The Labute approximate surface area is 148 Å². The lowest BCUT2D eigenvalue weighted by molar-refractivity contribution is -0.117. The summed E-state index contributed by atoms with van der Waals surface area (Å²) in [5.74, 6) is 0.319. The first kappa shape index (κ1) is 15.3. The van der Waals surface area contributed by atoms with Crippen LogP contribution in [0.2, 0.25) is 0 Å². The summed E-state index contributed by atoms with van der Waals surface area (Å²) in [7, 11) is 0. The number of nitrogens with one attached hydrogen (secondary N) is 2. The summed E-state index contributed by atoms with van der Waals surface area (Å²) < 4.78 is 19.0. The number of anilines is 1. The second kappa shape index (κ2) is 5.79. The molecule has 0 radical (unpaired) electrons. The fourth-order valence-electron chi connectivity index (χ4n) is 2.97. The maximum atomic E-state index is 13.0. The summed E-state index contributed by atoms with van der Waals surface area (Å²) in [6.45, 7) is 0. The average Bonchev–Trinajstić information content (AvgIpc) is 3.55. The number of carbonyl (C=O) groups excluding carboxylic acids is 1. The summed E-state index contributed by atoms with van der Waals surface area (Å²) in [6, 6.07) is 11.4. The maximum Gasteiger partial charge on any atom is 0.231 e. The van der Waals surface area contributed by atoms with Gasteiger partial charge in [-0.15, -0.1) is 0 Å². The van der Waals surface area contributed by atoms with Gasteiger partial charge in [0.15, 0.2) is 5.65 Å². The molecule has 2 heterocycles. The molecular formula is C19H17FN4O2. The van der Waals surface area contributed by atoms with Crippen LogP contribution < -0.4 is 10.1 Å². The number of alkyl halides is 1. The van der Waals surface area contributed by atoms with Gasteiger partial charge in [-0.1, -0.05) is 12.1 Å². The predicted octanol–water partition coefficient (Wildman–Crippen LogP) is 3.46. The second-order valence-corrected chi connectivity index (χ2v) is 6.83. The number of para-hydroxylation sites is 1. The molecule has 2 atom stereocenters. The fraction of sp³-hybridized carbons (Fsp3) is 0.316. The molecule has 6 nitrogen and oxygen atoms in total. The van der Waals surface area contributed by atoms with E-state index in [0.29, 0.717) is 24.0 Å². The number of hydrogen-bond donors (Lipinski definition) is 2. The second-order valence-electron chi connectivity index (χ2n) is 6.83. The van der Waals surface area contributed by atoms with Crippen LogP contribution in [0.5, 0.6) is 5.75 Å². The molecule has 7 heteroatoms. The minimum Gasteiger partial charge on any atom is -0.490 e. The zero-order valence-electron chi connectivity index (χ0n) is 13.9. The van der Waals surface area contributed by atoms with Gasteiger partial charge < -0.3 is 10.1 Å². The number of aromatic nitrogens is 3. The number of H-pyrrole nitrogens is 1. The number of benzene rings is 1. The van der Waals surface area contributed by atoms with Crippen LogP contribution in [-0.4, -0.2) is 33.4 Å². The summed E-state index contributed by atoms with van der Waals surface area (Å²) in [5, 5.41) is 10.8. The minimum absolute atomic E-state index is 0.290. The SMILES string of the molecule is O=C(Nc1ccc2c(-c3ccccc3OC3CC3)[nH]nc2n1)[C@@H]1C[C@@H]1F. The first-order valence-electron chi connectivity index (χ1n) is 8.75. The normalized spacial score (nSPS) is 21.6. The Bertz CT molecular complexity index is 998. The highest BCUT2D eigenvalue weighted by molar-refractivity contribution is 5.97. The van der Waals surface area contributed by atoms with Gasteiger partial charge in [0.1, 0.15) is 17.7 Å². The molecule has 2 aromatic heterocycles. The quantitative estimate of drug-likeness (QED) is 0.737. The van der Waals surface area contributed by atoms with E-state index in [0.717, 1.165) is 35.2 Å². The molecule has 1 aromatic carbocycles. The zero-order valence-corrected chi connectivity index (χ0v) is 13.9. The summed E-state index contributed by atoms with van der Waals surface area (Å²) in [5.41, 5.74) is 2.25. The number of carbonyl (C=O) groups is 1. The lowest BCUT2D eigenvalue weighted by Gasteiger charge is -2.09. The first-order chi connectivity index (χ1) is 12.7. The first-order valence-corrected chi connectivity index (χ1v) is 8.75. The number of fused-ring (bicyclic) bond motifs is 1. The molecule has 2 fully saturated rings. The van der Waals surface area contributed by atoms with Crippen LogP contribution in [0.15, 0.2) is 36.4 Å². The van der Waals surface area contributed by atoms with Gasteiger partial charge in [-0.25, -0.2) is 9.37 Å². The zero-order chi connectivity index (χ0) is 17.7. The third-order valence-corrected chi connectivity index (χ3v) is 4.69. The van der Waals surface area contributed by atoms with Gasteiger partial charge >= 0.3 is 0 Å². The average molecular weight is 352 g/mol. The largest absolute Gasteiger partial charge is 0.490 e. The van der Waals surface area contributed by atoms with Crippen molar-refractivity contribution in [3.05, 3.63) is 36.4 Å². The Hall–Kier alpha value is -2.96.